The minimum absolute atomic E-state index is 0.459. The third-order valence-electron chi connectivity index (χ3n) is 4.74. The average molecular weight is 274 g/mol. The van der Waals surface area contributed by atoms with Gasteiger partial charge >= 0.3 is 0 Å². The van der Waals surface area contributed by atoms with Gasteiger partial charge in [0, 0.05) is 37.8 Å². The number of nitrogens with zero attached hydrogens (tertiary/aromatic N) is 1. The highest BCUT2D eigenvalue weighted by molar-refractivity contribution is 5.20. The Kier molecular flexibility index (Phi) is 4.71. The van der Waals surface area contributed by atoms with Crippen LogP contribution in [0, 0.1) is 0 Å². The van der Waals surface area contributed by atoms with Crippen molar-refractivity contribution in [1.29, 1.82) is 0 Å². The van der Waals surface area contributed by atoms with E-state index in [2.05, 4.69) is 47.5 Å². The van der Waals surface area contributed by atoms with Crippen molar-refractivity contribution in [2.45, 2.75) is 44.3 Å². The summed E-state index contributed by atoms with van der Waals surface area (Å²) >= 11 is 0. The molecule has 3 rings (SSSR count). The van der Waals surface area contributed by atoms with Gasteiger partial charge in [-0.15, -0.1) is 0 Å². The summed E-state index contributed by atoms with van der Waals surface area (Å²) in [5, 5.41) is 3.72. The second kappa shape index (κ2) is 6.70. The summed E-state index contributed by atoms with van der Waals surface area (Å²) in [6, 6.07) is 12.6. The van der Waals surface area contributed by atoms with E-state index in [1.807, 2.05) is 0 Å². The predicted molar refractivity (Wildman–Crippen MR) is 81.8 cm³/mol. The molecule has 1 N–H and O–H groups in total. The van der Waals surface area contributed by atoms with Crippen LogP contribution < -0.4 is 5.32 Å². The molecule has 0 bridgehead atoms. The number of benzene rings is 1. The van der Waals surface area contributed by atoms with Crippen LogP contribution in [0.5, 0.6) is 0 Å². The number of rotatable bonds is 3. The van der Waals surface area contributed by atoms with Gasteiger partial charge in [0.15, 0.2) is 0 Å². The first kappa shape index (κ1) is 14.1. The van der Waals surface area contributed by atoms with E-state index < -0.39 is 0 Å². The Morgan fingerprint density at radius 1 is 1.30 bits per heavy atom. The molecule has 2 fully saturated rings. The summed E-state index contributed by atoms with van der Waals surface area (Å²) in [5.74, 6) is 0. The van der Waals surface area contributed by atoms with E-state index in [9.17, 15) is 0 Å². The van der Waals surface area contributed by atoms with E-state index in [1.54, 1.807) is 0 Å². The molecule has 0 amide bonds. The van der Waals surface area contributed by atoms with Crippen LogP contribution in [0.1, 0.15) is 37.8 Å². The van der Waals surface area contributed by atoms with Gasteiger partial charge in [-0.3, -0.25) is 4.90 Å². The molecule has 3 atom stereocenters. The summed E-state index contributed by atoms with van der Waals surface area (Å²) in [7, 11) is 0. The first-order chi connectivity index (χ1) is 9.88. The van der Waals surface area contributed by atoms with Gasteiger partial charge in [-0.1, -0.05) is 37.3 Å². The molecule has 2 saturated heterocycles. The van der Waals surface area contributed by atoms with Gasteiger partial charge in [0.05, 0.1) is 6.61 Å². The molecular weight excluding hydrogens is 248 g/mol. The zero-order valence-electron chi connectivity index (χ0n) is 12.4. The minimum Gasteiger partial charge on any atom is -0.380 e. The van der Waals surface area contributed by atoms with Gasteiger partial charge in [-0.05, 0) is 24.8 Å². The third-order valence-corrected chi connectivity index (χ3v) is 4.74. The molecule has 0 radical (unpaired) electrons. The van der Waals surface area contributed by atoms with E-state index in [4.69, 9.17) is 4.74 Å². The van der Waals surface area contributed by atoms with Crippen molar-refractivity contribution in [1.82, 2.24) is 10.2 Å². The lowest BCUT2D eigenvalue weighted by molar-refractivity contribution is -0.0163. The Morgan fingerprint density at radius 3 is 2.85 bits per heavy atom. The van der Waals surface area contributed by atoms with Crippen LogP contribution in [0.3, 0.4) is 0 Å². The fraction of sp³-hybridized carbons (Fsp3) is 0.647. The van der Waals surface area contributed by atoms with Gasteiger partial charge in [0.1, 0.15) is 0 Å². The molecule has 3 heteroatoms. The molecule has 2 aliphatic rings. The SMILES string of the molecule is CCC1CNC(c2ccccc2)CN1C1CCCOC1. The van der Waals surface area contributed by atoms with Gasteiger partial charge in [0.2, 0.25) is 0 Å². The van der Waals surface area contributed by atoms with Crippen LogP contribution in [-0.2, 0) is 4.74 Å². The maximum atomic E-state index is 5.71. The van der Waals surface area contributed by atoms with Crippen molar-refractivity contribution in [2.75, 3.05) is 26.3 Å². The van der Waals surface area contributed by atoms with Crippen molar-refractivity contribution >= 4 is 0 Å². The van der Waals surface area contributed by atoms with Crippen molar-refractivity contribution in [3.05, 3.63) is 35.9 Å². The van der Waals surface area contributed by atoms with Gasteiger partial charge in [-0.2, -0.15) is 0 Å². The smallest absolute Gasteiger partial charge is 0.0621 e. The lowest BCUT2D eigenvalue weighted by atomic mass is 9.97. The van der Waals surface area contributed by atoms with E-state index in [0.29, 0.717) is 18.1 Å². The van der Waals surface area contributed by atoms with E-state index in [-0.39, 0.29) is 0 Å². The van der Waals surface area contributed by atoms with Crippen LogP contribution >= 0.6 is 0 Å². The lowest BCUT2D eigenvalue weighted by Crippen LogP contribution is -2.57. The van der Waals surface area contributed by atoms with Gasteiger partial charge in [0.25, 0.3) is 0 Å². The Labute approximate surface area is 122 Å². The van der Waals surface area contributed by atoms with E-state index in [0.717, 1.165) is 26.3 Å². The summed E-state index contributed by atoms with van der Waals surface area (Å²) in [5.41, 5.74) is 1.41. The maximum Gasteiger partial charge on any atom is 0.0621 e. The Hall–Kier alpha value is -0.900. The van der Waals surface area contributed by atoms with Crippen molar-refractivity contribution < 1.29 is 4.74 Å². The molecule has 0 saturated carbocycles. The van der Waals surface area contributed by atoms with Crippen molar-refractivity contribution in [3.63, 3.8) is 0 Å². The van der Waals surface area contributed by atoms with Gasteiger partial charge < -0.3 is 10.1 Å². The molecule has 3 unspecified atom stereocenters. The molecule has 2 aliphatic heterocycles. The largest absolute Gasteiger partial charge is 0.380 e. The number of piperazine rings is 1. The third kappa shape index (κ3) is 3.05. The molecule has 110 valence electrons. The second-order valence-corrected chi connectivity index (χ2v) is 6.00. The highest BCUT2D eigenvalue weighted by atomic mass is 16.5. The van der Waals surface area contributed by atoms with Crippen molar-refractivity contribution in [2.24, 2.45) is 0 Å². The summed E-state index contributed by atoms with van der Waals surface area (Å²) in [4.78, 5) is 2.70. The molecule has 2 heterocycles. The van der Waals surface area contributed by atoms with Crippen LogP contribution in [0.4, 0.5) is 0 Å². The summed E-state index contributed by atoms with van der Waals surface area (Å²) in [6.07, 6.45) is 3.71. The molecule has 1 aromatic carbocycles. The maximum absolute atomic E-state index is 5.71. The number of ether oxygens (including phenoxy) is 1. The van der Waals surface area contributed by atoms with Crippen molar-refractivity contribution in [3.8, 4) is 0 Å². The molecule has 0 aliphatic carbocycles. The zero-order valence-corrected chi connectivity index (χ0v) is 12.4. The predicted octanol–water partition coefficient (Wildman–Crippen LogP) is 2.59. The zero-order chi connectivity index (χ0) is 13.8. The second-order valence-electron chi connectivity index (χ2n) is 6.00. The first-order valence-corrected chi connectivity index (χ1v) is 8.00. The Balaban J connectivity index is 1.72. The number of hydrogen-bond acceptors (Lipinski definition) is 3. The fourth-order valence-corrected chi connectivity index (χ4v) is 3.54. The monoisotopic (exact) mass is 274 g/mol. The normalized spacial score (nSPS) is 32.1. The highest BCUT2D eigenvalue weighted by Gasteiger charge is 2.33. The topological polar surface area (TPSA) is 24.5 Å². The minimum atomic E-state index is 0.459. The summed E-state index contributed by atoms with van der Waals surface area (Å²) < 4.78 is 5.71. The van der Waals surface area contributed by atoms with Crippen LogP contribution in [-0.4, -0.2) is 43.3 Å². The first-order valence-electron chi connectivity index (χ1n) is 8.00. The van der Waals surface area contributed by atoms with E-state index >= 15 is 0 Å². The molecule has 20 heavy (non-hydrogen) atoms. The molecule has 0 spiro atoms. The Bertz CT molecular complexity index is 403. The standard InChI is InChI=1S/C17H26N2O/c1-2-15-11-18-17(14-7-4-3-5-8-14)12-19(15)16-9-6-10-20-13-16/h3-5,7-8,15-18H,2,6,9-13H2,1H3. The average Bonchev–Trinajstić information content (AvgIpc) is 2.56. The number of nitrogens with one attached hydrogen (secondary N) is 1. The van der Waals surface area contributed by atoms with Crippen LogP contribution in [0.2, 0.25) is 0 Å². The van der Waals surface area contributed by atoms with Gasteiger partial charge in [-0.25, -0.2) is 0 Å². The quantitative estimate of drug-likeness (QED) is 0.917. The fourth-order valence-electron chi connectivity index (χ4n) is 3.54. The summed E-state index contributed by atoms with van der Waals surface area (Å²) in [6.45, 7) is 6.36. The molecule has 0 aromatic heterocycles. The number of hydrogen-bond donors (Lipinski definition) is 1. The Morgan fingerprint density at radius 2 is 2.15 bits per heavy atom. The molecular formula is C17H26N2O. The lowest BCUT2D eigenvalue weighted by Gasteiger charge is -2.45. The molecule has 1 aromatic rings. The molecule has 3 nitrogen and oxygen atoms in total. The van der Waals surface area contributed by atoms with Crippen LogP contribution in [0.25, 0.3) is 0 Å². The van der Waals surface area contributed by atoms with Crippen LogP contribution in [0.15, 0.2) is 30.3 Å². The van der Waals surface area contributed by atoms with E-state index in [1.165, 1.54) is 24.8 Å². The highest BCUT2D eigenvalue weighted by Crippen LogP contribution is 2.26.